The minimum absolute atomic E-state index is 0.0311. The van der Waals surface area contributed by atoms with Gasteiger partial charge in [-0.05, 0) is 19.8 Å². The molecule has 0 bridgehead atoms. The number of hydrogen-bond acceptors (Lipinski definition) is 4. The van der Waals surface area contributed by atoms with Crippen molar-refractivity contribution in [3.05, 3.63) is 35.9 Å². The fraction of sp³-hybridized carbons (Fsp3) is 0.474. The molecule has 0 spiro atoms. The minimum Gasteiger partial charge on any atom is -0.493 e. The SMILES string of the molecule is CCCCN(CCCC)c1nc(O)cc(-c2ccc(C)cc2)n1. The van der Waals surface area contributed by atoms with Gasteiger partial charge in [-0.25, -0.2) is 4.98 Å². The molecule has 0 fully saturated rings. The zero-order valence-electron chi connectivity index (χ0n) is 14.4. The van der Waals surface area contributed by atoms with Crippen molar-refractivity contribution in [1.82, 2.24) is 9.97 Å². The number of rotatable bonds is 8. The number of aromatic hydroxyl groups is 1. The Morgan fingerprint density at radius 2 is 1.57 bits per heavy atom. The molecule has 0 aliphatic rings. The Kier molecular flexibility index (Phi) is 6.39. The second-order valence-corrected chi connectivity index (χ2v) is 5.97. The smallest absolute Gasteiger partial charge is 0.229 e. The maximum Gasteiger partial charge on any atom is 0.229 e. The molecule has 1 aromatic heterocycles. The van der Waals surface area contributed by atoms with Gasteiger partial charge in [-0.15, -0.1) is 0 Å². The van der Waals surface area contributed by atoms with Crippen LogP contribution in [0.2, 0.25) is 0 Å². The lowest BCUT2D eigenvalue weighted by Crippen LogP contribution is -2.27. The van der Waals surface area contributed by atoms with Crippen LogP contribution in [0.1, 0.15) is 45.1 Å². The topological polar surface area (TPSA) is 49.2 Å². The fourth-order valence-corrected chi connectivity index (χ4v) is 2.45. The third-order valence-corrected chi connectivity index (χ3v) is 3.89. The molecule has 1 N–H and O–H groups in total. The molecule has 2 aromatic rings. The van der Waals surface area contributed by atoms with E-state index in [1.54, 1.807) is 6.07 Å². The number of aromatic nitrogens is 2. The summed E-state index contributed by atoms with van der Waals surface area (Å²) < 4.78 is 0. The average molecular weight is 313 g/mol. The van der Waals surface area contributed by atoms with E-state index < -0.39 is 0 Å². The van der Waals surface area contributed by atoms with Crippen molar-refractivity contribution in [3.8, 4) is 17.1 Å². The molecule has 0 radical (unpaired) electrons. The number of anilines is 1. The van der Waals surface area contributed by atoms with Gasteiger partial charge >= 0.3 is 0 Å². The van der Waals surface area contributed by atoms with Crippen LogP contribution in [0.5, 0.6) is 5.88 Å². The Morgan fingerprint density at radius 1 is 0.957 bits per heavy atom. The summed E-state index contributed by atoms with van der Waals surface area (Å²) in [6, 6.07) is 9.80. The molecule has 4 heteroatoms. The van der Waals surface area contributed by atoms with Crippen LogP contribution in [0.4, 0.5) is 5.95 Å². The van der Waals surface area contributed by atoms with Gasteiger partial charge in [-0.2, -0.15) is 4.98 Å². The highest BCUT2D eigenvalue weighted by molar-refractivity contribution is 5.62. The summed E-state index contributed by atoms with van der Waals surface area (Å²) in [5, 5.41) is 10.0. The van der Waals surface area contributed by atoms with Gasteiger partial charge in [0.1, 0.15) is 0 Å². The van der Waals surface area contributed by atoms with E-state index in [1.807, 2.05) is 12.1 Å². The first-order chi connectivity index (χ1) is 11.1. The highest BCUT2D eigenvalue weighted by Gasteiger charge is 2.12. The average Bonchev–Trinajstić information content (AvgIpc) is 2.55. The molecule has 0 aliphatic carbocycles. The highest BCUT2D eigenvalue weighted by atomic mass is 16.3. The third kappa shape index (κ3) is 4.95. The molecule has 1 heterocycles. The quantitative estimate of drug-likeness (QED) is 0.776. The van der Waals surface area contributed by atoms with Gasteiger partial charge in [0.15, 0.2) is 0 Å². The summed E-state index contributed by atoms with van der Waals surface area (Å²) in [5.74, 6) is 0.658. The first kappa shape index (κ1) is 17.3. The normalized spacial score (nSPS) is 10.7. The maximum atomic E-state index is 10.0. The fourth-order valence-electron chi connectivity index (χ4n) is 2.45. The number of benzene rings is 1. The van der Waals surface area contributed by atoms with Gasteiger partial charge in [0.05, 0.1) is 5.69 Å². The summed E-state index contributed by atoms with van der Waals surface area (Å²) in [6.45, 7) is 8.27. The molecule has 0 unspecified atom stereocenters. The van der Waals surface area contributed by atoms with Gasteiger partial charge in [-0.3, -0.25) is 0 Å². The Balaban J connectivity index is 2.31. The number of nitrogens with zero attached hydrogens (tertiary/aromatic N) is 3. The largest absolute Gasteiger partial charge is 0.493 e. The standard InChI is InChI=1S/C19H27N3O/c1-4-6-12-22(13-7-5-2)19-20-17(14-18(23)21-19)16-10-8-15(3)9-11-16/h8-11,14H,4-7,12-13H2,1-3H3,(H,20,21,23). The molecule has 0 amide bonds. The van der Waals surface area contributed by atoms with Gasteiger partial charge < -0.3 is 10.0 Å². The summed E-state index contributed by atoms with van der Waals surface area (Å²) in [5.41, 5.74) is 2.98. The summed E-state index contributed by atoms with van der Waals surface area (Å²) in [6.07, 6.45) is 4.46. The van der Waals surface area contributed by atoms with Crippen molar-refractivity contribution in [2.75, 3.05) is 18.0 Å². The Hall–Kier alpha value is -2.10. The van der Waals surface area contributed by atoms with E-state index in [2.05, 4.69) is 42.8 Å². The molecular weight excluding hydrogens is 286 g/mol. The van der Waals surface area contributed by atoms with Crippen LogP contribution in [-0.4, -0.2) is 28.2 Å². The molecule has 124 valence electrons. The molecule has 0 atom stereocenters. The third-order valence-electron chi connectivity index (χ3n) is 3.89. The molecule has 1 aromatic carbocycles. The molecule has 0 aliphatic heterocycles. The Labute approximate surface area is 139 Å². The van der Waals surface area contributed by atoms with Crippen molar-refractivity contribution in [1.29, 1.82) is 0 Å². The van der Waals surface area contributed by atoms with Crippen molar-refractivity contribution in [2.45, 2.75) is 46.5 Å². The monoisotopic (exact) mass is 313 g/mol. The summed E-state index contributed by atoms with van der Waals surface area (Å²) in [4.78, 5) is 11.1. The van der Waals surface area contributed by atoms with Crippen molar-refractivity contribution in [3.63, 3.8) is 0 Å². The van der Waals surface area contributed by atoms with Crippen LogP contribution in [-0.2, 0) is 0 Å². The molecule has 4 nitrogen and oxygen atoms in total. The van der Waals surface area contributed by atoms with E-state index in [-0.39, 0.29) is 5.88 Å². The first-order valence-corrected chi connectivity index (χ1v) is 8.54. The second kappa shape index (κ2) is 8.51. The molecule has 0 saturated carbocycles. The number of hydrogen-bond donors (Lipinski definition) is 1. The van der Waals surface area contributed by atoms with Gasteiger partial charge in [0.2, 0.25) is 11.8 Å². The summed E-state index contributed by atoms with van der Waals surface area (Å²) >= 11 is 0. The predicted octanol–water partition coefficient (Wildman–Crippen LogP) is 4.56. The van der Waals surface area contributed by atoms with Gasteiger partial charge in [0.25, 0.3) is 0 Å². The van der Waals surface area contributed by atoms with Crippen LogP contribution in [0.3, 0.4) is 0 Å². The second-order valence-electron chi connectivity index (χ2n) is 5.97. The highest BCUT2D eigenvalue weighted by Crippen LogP contribution is 2.24. The van der Waals surface area contributed by atoms with E-state index >= 15 is 0 Å². The van der Waals surface area contributed by atoms with E-state index in [0.717, 1.165) is 50.0 Å². The molecule has 0 saturated heterocycles. The zero-order chi connectivity index (χ0) is 16.7. The summed E-state index contributed by atoms with van der Waals surface area (Å²) in [7, 11) is 0. The number of aryl methyl sites for hydroxylation is 1. The van der Waals surface area contributed by atoms with E-state index in [0.29, 0.717) is 5.95 Å². The lowest BCUT2D eigenvalue weighted by Gasteiger charge is -2.22. The zero-order valence-corrected chi connectivity index (χ0v) is 14.4. The first-order valence-electron chi connectivity index (χ1n) is 8.54. The van der Waals surface area contributed by atoms with Crippen LogP contribution >= 0.6 is 0 Å². The van der Waals surface area contributed by atoms with Crippen molar-refractivity contribution >= 4 is 5.95 Å². The van der Waals surface area contributed by atoms with Crippen molar-refractivity contribution < 1.29 is 5.11 Å². The van der Waals surface area contributed by atoms with Crippen molar-refractivity contribution in [2.24, 2.45) is 0 Å². The molecule has 2 rings (SSSR count). The molecular formula is C19H27N3O. The number of unbranched alkanes of at least 4 members (excludes halogenated alkanes) is 2. The van der Waals surface area contributed by atoms with E-state index in [9.17, 15) is 5.11 Å². The van der Waals surface area contributed by atoms with Crippen LogP contribution in [0, 0.1) is 6.92 Å². The maximum absolute atomic E-state index is 10.0. The lowest BCUT2D eigenvalue weighted by atomic mass is 10.1. The predicted molar refractivity (Wildman–Crippen MR) is 95.9 cm³/mol. The lowest BCUT2D eigenvalue weighted by molar-refractivity contribution is 0.451. The van der Waals surface area contributed by atoms with Crippen LogP contribution in [0.15, 0.2) is 30.3 Å². The Bertz CT molecular complexity index is 603. The minimum atomic E-state index is 0.0311. The molecule has 23 heavy (non-hydrogen) atoms. The van der Waals surface area contributed by atoms with Gasteiger partial charge in [-0.1, -0.05) is 56.5 Å². The van der Waals surface area contributed by atoms with E-state index in [4.69, 9.17) is 4.98 Å². The van der Waals surface area contributed by atoms with Gasteiger partial charge in [0, 0.05) is 24.7 Å². The Morgan fingerprint density at radius 3 is 2.13 bits per heavy atom. The van der Waals surface area contributed by atoms with Crippen LogP contribution < -0.4 is 4.90 Å². The van der Waals surface area contributed by atoms with E-state index in [1.165, 1.54) is 5.56 Å². The van der Waals surface area contributed by atoms with Crippen LogP contribution in [0.25, 0.3) is 11.3 Å².